The molecule has 1 heterocycles. The molecule has 2 amide bonds. The van der Waals surface area contributed by atoms with E-state index in [1.165, 1.54) is 0 Å². The fraction of sp³-hybridized carbons (Fsp3) is 0.857. The molecule has 6 heteroatoms. The summed E-state index contributed by atoms with van der Waals surface area (Å²) in [4.78, 5) is 27.2. The third-order valence-corrected chi connectivity index (χ3v) is 4.00. The van der Waals surface area contributed by atoms with Gasteiger partial charge in [-0.15, -0.1) is 0 Å². The van der Waals surface area contributed by atoms with Gasteiger partial charge in [-0.2, -0.15) is 0 Å². The van der Waals surface area contributed by atoms with Crippen molar-refractivity contribution < 1.29 is 14.7 Å². The molecule has 6 nitrogen and oxygen atoms in total. The highest BCUT2D eigenvalue weighted by Gasteiger charge is 2.37. The molecule has 20 heavy (non-hydrogen) atoms. The zero-order valence-corrected chi connectivity index (χ0v) is 12.2. The number of aliphatic carboxylic acids is 1. The summed E-state index contributed by atoms with van der Waals surface area (Å²) in [5.41, 5.74) is 0. The normalized spacial score (nSPS) is 19.6. The van der Waals surface area contributed by atoms with Crippen molar-refractivity contribution in [3.05, 3.63) is 0 Å². The van der Waals surface area contributed by atoms with E-state index in [-0.39, 0.29) is 24.7 Å². The van der Waals surface area contributed by atoms with Crippen LogP contribution in [0.4, 0.5) is 4.79 Å². The number of piperidine rings is 1. The molecule has 0 bridgehead atoms. The number of nitrogens with one attached hydrogen (secondary N) is 1. The molecule has 2 N–H and O–H groups in total. The zero-order valence-electron chi connectivity index (χ0n) is 12.2. The third-order valence-electron chi connectivity index (χ3n) is 4.00. The molecule has 1 aliphatic heterocycles. The number of urea groups is 1. The SMILES string of the molecule is CCCN(C(=O)N(CC(=O)O)C1CC1)C1CCNCC1. The highest BCUT2D eigenvalue weighted by atomic mass is 16.4. The Morgan fingerprint density at radius 1 is 1.10 bits per heavy atom. The van der Waals surface area contributed by atoms with Crippen molar-refractivity contribution in [1.82, 2.24) is 15.1 Å². The predicted molar refractivity (Wildman–Crippen MR) is 75.6 cm³/mol. The Hall–Kier alpha value is -1.30. The van der Waals surface area contributed by atoms with Crippen LogP contribution in [0.15, 0.2) is 0 Å². The Kier molecular flexibility index (Phi) is 5.23. The lowest BCUT2D eigenvalue weighted by Crippen LogP contribution is -2.53. The van der Waals surface area contributed by atoms with Crippen LogP contribution in [-0.4, -0.2) is 65.2 Å². The van der Waals surface area contributed by atoms with Crippen LogP contribution >= 0.6 is 0 Å². The summed E-state index contributed by atoms with van der Waals surface area (Å²) in [6, 6.07) is 0.307. The molecule has 2 rings (SSSR count). The van der Waals surface area contributed by atoms with Gasteiger partial charge >= 0.3 is 12.0 Å². The molecule has 1 aliphatic carbocycles. The maximum absolute atomic E-state index is 12.7. The van der Waals surface area contributed by atoms with Crippen molar-refractivity contribution in [2.45, 2.75) is 51.1 Å². The molecule has 0 radical (unpaired) electrons. The minimum Gasteiger partial charge on any atom is -0.480 e. The molecule has 0 spiro atoms. The third kappa shape index (κ3) is 3.85. The molecule has 0 aromatic heterocycles. The van der Waals surface area contributed by atoms with Crippen molar-refractivity contribution >= 4 is 12.0 Å². The van der Waals surface area contributed by atoms with E-state index < -0.39 is 5.97 Å². The van der Waals surface area contributed by atoms with Gasteiger partial charge in [0.2, 0.25) is 0 Å². The van der Waals surface area contributed by atoms with Gasteiger partial charge in [0, 0.05) is 18.6 Å². The van der Waals surface area contributed by atoms with Crippen molar-refractivity contribution in [3.63, 3.8) is 0 Å². The van der Waals surface area contributed by atoms with Crippen LogP contribution in [0.3, 0.4) is 0 Å². The molecule has 1 saturated carbocycles. The largest absolute Gasteiger partial charge is 0.480 e. The number of hydrogen-bond donors (Lipinski definition) is 2. The standard InChI is InChI=1S/C14H25N3O3/c1-2-9-16(12-5-7-15-8-6-12)14(20)17(10-13(18)19)11-3-4-11/h11-12,15H,2-10H2,1H3,(H,18,19). The van der Waals surface area contributed by atoms with Gasteiger partial charge in [0.05, 0.1) is 0 Å². The van der Waals surface area contributed by atoms with Crippen LogP contribution in [0.25, 0.3) is 0 Å². The summed E-state index contributed by atoms with van der Waals surface area (Å²) in [6.07, 6.45) is 4.69. The van der Waals surface area contributed by atoms with E-state index >= 15 is 0 Å². The van der Waals surface area contributed by atoms with Crippen LogP contribution in [0.1, 0.15) is 39.0 Å². The second-order valence-electron chi connectivity index (χ2n) is 5.71. The Bertz CT molecular complexity index is 352. The summed E-state index contributed by atoms with van der Waals surface area (Å²) in [5, 5.41) is 12.3. The van der Waals surface area contributed by atoms with Crippen LogP contribution in [-0.2, 0) is 4.79 Å². The minimum atomic E-state index is -0.924. The molecular weight excluding hydrogens is 258 g/mol. The molecule has 0 aromatic carbocycles. The van der Waals surface area contributed by atoms with Crippen LogP contribution in [0, 0.1) is 0 Å². The maximum atomic E-state index is 12.7. The fourth-order valence-corrected chi connectivity index (χ4v) is 2.84. The summed E-state index contributed by atoms with van der Waals surface area (Å²) in [7, 11) is 0. The Morgan fingerprint density at radius 3 is 2.20 bits per heavy atom. The highest BCUT2D eigenvalue weighted by molar-refractivity contribution is 5.81. The number of carboxylic acids is 1. The first kappa shape index (κ1) is 15.1. The van der Waals surface area contributed by atoms with Gasteiger partial charge in [0.15, 0.2) is 0 Å². The highest BCUT2D eigenvalue weighted by Crippen LogP contribution is 2.28. The van der Waals surface area contributed by atoms with Gasteiger partial charge in [-0.05, 0) is 45.2 Å². The number of amides is 2. The van der Waals surface area contributed by atoms with E-state index in [9.17, 15) is 9.59 Å². The number of nitrogens with zero attached hydrogens (tertiary/aromatic N) is 2. The van der Waals surface area contributed by atoms with Gasteiger partial charge in [0.25, 0.3) is 0 Å². The number of carbonyl (C=O) groups excluding carboxylic acids is 1. The van der Waals surface area contributed by atoms with E-state index in [4.69, 9.17) is 5.11 Å². The summed E-state index contributed by atoms with van der Waals surface area (Å²) < 4.78 is 0. The van der Waals surface area contributed by atoms with E-state index in [1.54, 1.807) is 4.90 Å². The van der Waals surface area contributed by atoms with Gasteiger partial charge < -0.3 is 20.2 Å². The zero-order chi connectivity index (χ0) is 14.5. The predicted octanol–water partition coefficient (Wildman–Crippen LogP) is 1.12. The summed E-state index contributed by atoms with van der Waals surface area (Å²) in [5.74, 6) is -0.924. The first-order chi connectivity index (χ1) is 9.63. The van der Waals surface area contributed by atoms with Crippen molar-refractivity contribution in [2.75, 3.05) is 26.2 Å². The number of hydrogen-bond acceptors (Lipinski definition) is 3. The molecule has 0 unspecified atom stereocenters. The topological polar surface area (TPSA) is 72.9 Å². The van der Waals surface area contributed by atoms with Crippen molar-refractivity contribution in [2.24, 2.45) is 0 Å². The Balaban J connectivity index is 2.04. The smallest absolute Gasteiger partial charge is 0.323 e. The molecule has 1 saturated heterocycles. The van der Waals surface area contributed by atoms with Crippen molar-refractivity contribution in [1.29, 1.82) is 0 Å². The van der Waals surface area contributed by atoms with E-state index in [1.807, 2.05) is 4.90 Å². The quantitative estimate of drug-likeness (QED) is 0.766. The summed E-state index contributed by atoms with van der Waals surface area (Å²) >= 11 is 0. The number of carboxylic acid groups (broad SMARTS) is 1. The van der Waals surface area contributed by atoms with Crippen LogP contribution in [0.2, 0.25) is 0 Å². The molecule has 0 atom stereocenters. The second-order valence-corrected chi connectivity index (χ2v) is 5.71. The van der Waals surface area contributed by atoms with Gasteiger partial charge in [-0.1, -0.05) is 6.92 Å². The number of rotatable bonds is 6. The average molecular weight is 283 g/mol. The Morgan fingerprint density at radius 2 is 1.70 bits per heavy atom. The first-order valence-electron chi connectivity index (χ1n) is 7.63. The maximum Gasteiger partial charge on any atom is 0.323 e. The Labute approximate surface area is 120 Å². The lowest BCUT2D eigenvalue weighted by molar-refractivity contribution is -0.138. The van der Waals surface area contributed by atoms with E-state index in [2.05, 4.69) is 12.2 Å². The monoisotopic (exact) mass is 283 g/mol. The van der Waals surface area contributed by atoms with Gasteiger partial charge in [-0.25, -0.2) is 4.79 Å². The van der Waals surface area contributed by atoms with Gasteiger partial charge in [-0.3, -0.25) is 4.79 Å². The average Bonchev–Trinajstić information content (AvgIpc) is 3.27. The van der Waals surface area contributed by atoms with Crippen molar-refractivity contribution in [3.8, 4) is 0 Å². The molecule has 2 aliphatic rings. The van der Waals surface area contributed by atoms with E-state index in [0.29, 0.717) is 6.54 Å². The minimum absolute atomic E-state index is 0.0800. The molecular formula is C14H25N3O3. The molecule has 114 valence electrons. The lowest BCUT2D eigenvalue weighted by Gasteiger charge is -2.37. The fourth-order valence-electron chi connectivity index (χ4n) is 2.84. The molecule has 0 aromatic rings. The second kappa shape index (κ2) is 6.92. The number of carbonyl (C=O) groups is 2. The first-order valence-corrected chi connectivity index (χ1v) is 7.63. The van der Waals surface area contributed by atoms with Crippen LogP contribution in [0.5, 0.6) is 0 Å². The lowest BCUT2D eigenvalue weighted by atomic mass is 10.0. The molecule has 2 fully saturated rings. The van der Waals surface area contributed by atoms with Crippen LogP contribution < -0.4 is 5.32 Å². The van der Waals surface area contributed by atoms with Gasteiger partial charge in [0.1, 0.15) is 6.54 Å². The summed E-state index contributed by atoms with van der Waals surface area (Å²) in [6.45, 7) is 4.46. The van der Waals surface area contributed by atoms with E-state index in [0.717, 1.165) is 45.2 Å².